The Morgan fingerprint density at radius 3 is 2.11 bits per heavy atom. The van der Waals surface area contributed by atoms with Crippen LogP contribution >= 0.6 is 11.3 Å². The Bertz CT molecular complexity index is 969. The van der Waals surface area contributed by atoms with Crippen LogP contribution in [0.25, 0.3) is 11.1 Å². The summed E-state index contributed by atoms with van der Waals surface area (Å²) in [5, 5.41) is 1.91. The predicted octanol–water partition coefficient (Wildman–Crippen LogP) is 4.48. The third-order valence-electron chi connectivity index (χ3n) is 5.61. The van der Waals surface area contributed by atoms with Crippen molar-refractivity contribution in [2.24, 2.45) is 0 Å². The van der Waals surface area contributed by atoms with Crippen LogP contribution in [0.3, 0.4) is 0 Å². The fourth-order valence-corrected chi connectivity index (χ4v) is 5.13. The maximum Gasteiger partial charge on any atom is 0.372 e. The van der Waals surface area contributed by atoms with Gasteiger partial charge in [0.15, 0.2) is 0 Å². The van der Waals surface area contributed by atoms with Gasteiger partial charge in [0.25, 0.3) is 0 Å². The lowest BCUT2D eigenvalue weighted by atomic mass is 9.79. The van der Waals surface area contributed by atoms with E-state index in [1.54, 1.807) is 6.92 Å². The smallest absolute Gasteiger partial charge is 0.372 e. The number of benzene rings is 2. The number of esters is 1. The average Bonchev–Trinajstić information content (AvgIpc) is 3.37. The highest BCUT2D eigenvalue weighted by atomic mass is 32.1. The number of rotatable bonds is 3. The summed E-state index contributed by atoms with van der Waals surface area (Å²) in [6, 6.07) is 20.5. The molecule has 1 fully saturated rings. The molecule has 0 atom stereocenters. The van der Waals surface area contributed by atoms with E-state index in [2.05, 4.69) is 24.3 Å². The van der Waals surface area contributed by atoms with Crippen LogP contribution in [0.5, 0.6) is 0 Å². The monoisotopic (exact) mass is 392 g/mol. The molecule has 1 saturated heterocycles. The zero-order valence-corrected chi connectivity index (χ0v) is 16.3. The molecule has 1 aliphatic heterocycles. The van der Waals surface area contributed by atoms with Gasteiger partial charge in [0.05, 0.1) is 30.1 Å². The van der Waals surface area contributed by atoms with Gasteiger partial charge >= 0.3 is 11.8 Å². The zero-order chi connectivity index (χ0) is 19.2. The summed E-state index contributed by atoms with van der Waals surface area (Å²) in [6.45, 7) is 2.75. The molecule has 1 spiro atoms. The van der Waals surface area contributed by atoms with Crippen molar-refractivity contribution in [2.45, 2.75) is 18.1 Å². The van der Waals surface area contributed by atoms with Gasteiger partial charge in [-0.2, -0.15) is 0 Å². The molecule has 2 aromatic carbocycles. The second-order valence-electron chi connectivity index (χ2n) is 7.06. The van der Waals surface area contributed by atoms with Crippen LogP contribution in [0, 0.1) is 0 Å². The van der Waals surface area contributed by atoms with E-state index in [-0.39, 0.29) is 6.61 Å². The Kier molecular flexibility index (Phi) is 4.12. The Morgan fingerprint density at radius 1 is 0.964 bits per heavy atom. The van der Waals surface area contributed by atoms with Crippen LogP contribution in [0.15, 0.2) is 66.0 Å². The van der Waals surface area contributed by atoms with Crippen LogP contribution < -0.4 is 0 Å². The molecule has 5 rings (SSSR count). The first kappa shape index (κ1) is 17.6. The summed E-state index contributed by atoms with van der Waals surface area (Å²) in [7, 11) is 0. The number of carbonyl (C=O) groups is 1. The summed E-state index contributed by atoms with van der Waals surface area (Å²) in [4.78, 5) is 13.6. The first-order valence-corrected chi connectivity index (χ1v) is 10.3. The highest BCUT2D eigenvalue weighted by molar-refractivity contribution is 7.10. The number of hydrogen-bond donors (Lipinski definition) is 0. The van der Waals surface area contributed by atoms with E-state index in [1.807, 2.05) is 41.8 Å². The van der Waals surface area contributed by atoms with E-state index in [0.29, 0.717) is 18.1 Å². The Labute approximate surface area is 167 Å². The second-order valence-corrected chi connectivity index (χ2v) is 8.01. The molecular weight excluding hydrogens is 372 g/mol. The first-order chi connectivity index (χ1) is 13.7. The molecule has 1 aliphatic carbocycles. The van der Waals surface area contributed by atoms with Crippen LogP contribution in [0.2, 0.25) is 0 Å². The van der Waals surface area contributed by atoms with Crippen molar-refractivity contribution in [1.29, 1.82) is 0 Å². The lowest BCUT2D eigenvalue weighted by molar-refractivity contribution is -0.288. The molecule has 0 bridgehead atoms. The van der Waals surface area contributed by atoms with Gasteiger partial charge < -0.3 is 14.2 Å². The molecule has 1 aromatic heterocycles. The Balaban J connectivity index is 1.59. The standard InChI is InChI=1S/C23H20O4S/c1-2-25-21(24)23(20-12-7-13-28-20)26-14-22(15-27-23)18-10-5-3-8-16(18)17-9-4-6-11-19(17)22/h3-13H,2,14-15H2,1H3. The molecule has 2 heterocycles. The molecule has 0 amide bonds. The molecule has 0 saturated carbocycles. The van der Waals surface area contributed by atoms with E-state index in [0.717, 1.165) is 0 Å². The van der Waals surface area contributed by atoms with Crippen molar-refractivity contribution in [3.8, 4) is 11.1 Å². The summed E-state index contributed by atoms with van der Waals surface area (Å²) in [5.74, 6) is -1.99. The van der Waals surface area contributed by atoms with Gasteiger partial charge in [-0.15, -0.1) is 11.3 Å². The van der Waals surface area contributed by atoms with Crippen molar-refractivity contribution in [1.82, 2.24) is 0 Å². The molecule has 28 heavy (non-hydrogen) atoms. The molecule has 2 aliphatic rings. The van der Waals surface area contributed by atoms with Gasteiger partial charge in [-0.3, -0.25) is 0 Å². The first-order valence-electron chi connectivity index (χ1n) is 9.40. The third-order valence-corrected chi connectivity index (χ3v) is 6.56. The van der Waals surface area contributed by atoms with Crippen molar-refractivity contribution >= 4 is 17.3 Å². The predicted molar refractivity (Wildman–Crippen MR) is 107 cm³/mol. The van der Waals surface area contributed by atoms with Gasteiger partial charge in [-0.25, -0.2) is 4.79 Å². The summed E-state index contributed by atoms with van der Waals surface area (Å²) in [5.41, 5.74) is 4.33. The molecule has 4 nitrogen and oxygen atoms in total. The zero-order valence-electron chi connectivity index (χ0n) is 15.5. The molecular formula is C23H20O4S. The van der Waals surface area contributed by atoms with Crippen LogP contribution in [0.1, 0.15) is 22.9 Å². The van der Waals surface area contributed by atoms with Crippen LogP contribution in [0.4, 0.5) is 0 Å². The fourth-order valence-electron chi connectivity index (χ4n) is 4.31. The van der Waals surface area contributed by atoms with Gasteiger partial charge in [-0.1, -0.05) is 54.6 Å². The number of fused-ring (bicyclic) bond motifs is 5. The molecule has 3 aromatic rings. The SMILES string of the molecule is CCOC(=O)C1(c2cccs2)OCC2(CO1)c1ccccc1-c1ccccc12. The second kappa shape index (κ2) is 6.55. The minimum Gasteiger partial charge on any atom is -0.462 e. The van der Waals surface area contributed by atoms with Gasteiger partial charge in [0.1, 0.15) is 0 Å². The van der Waals surface area contributed by atoms with Crippen molar-refractivity contribution < 1.29 is 19.0 Å². The maximum atomic E-state index is 12.8. The topological polar surface area (TPSA) is 44.8 Å². The van der Waals surface area contributed by atoms with E-state index >= 15 is 0 Å². The third kappa shape index (κ3) is 2.33. The largest absolute Gasteiger partial charge is 0.462 e. The summed E-state index contributed by atoms with van der Waals surface area (Å²) in [6.07, 6.45) is 0. The van der Waals surface area contributed by atoms with Crippen molar-refractivity contribution in [3.05, 3.63) is 82.0 Å². The van der Waals surface area contributed by atoms with Gasteiger partial charge in [0.2, 0.25) is 0 Å². The van der Waals surface area contributed by atoms with Gasteiger partial charge in [-0.05, 0) is 40.6 Å². The average molecular weight is 392 g/mol. The number of thiophene rings is 1. The fraction of sp³-hybridized carbons (Fsp3) is 0.261. The van der Waals surface area contributed by atoms with E-state index in [4.69, 9.17) is 14.2 Å². The normalized spacial score (nSPS) is 18.5. The van der Waals surface area contributed by atoms with E-state index < -0.39 is 17.2 Å². The highest BCUT2D eigenvalue weighted by Gasteiger charge is 2.56. The van der Waals surface area contributed by atoms with Crippen LogP contribution in [-0.4, -0.2) is 25.8 Å². The Hall–Kier alpha value is -2.47. The quantitative estimate of drug-likeness (QED) is 0.617. The maximum absolute atomic E-state index is 12.8. The molecule has 0 unspecified atom stereocenters. The highest BCUT2D eigenvalue weighted by Crippen LogP contribution is 2.53. The number of ether oxygens (including phenoxy) is 3. The molecule has 142 valence electrons. The van der Waals surface area contributed by atoms with Gasteiger partial charge in [0, 0.05) is 0 Å². The molecule has 0 radical (unpaired) electrons. The van der Waals surface area contributed by atoms with Crippen LogP contribution in [-0.2, 0) is 30.2 Å². The number of hydrogen-bond acceptors (Lipinski definition) is 5. The van der Waals surface area contributed by atoms with Crippen molar-refractivity contribution in [2.75, 3.05) is 19.8 Å². The van der Waals surface area contributed by atoms with E-state index in [1.165, 1.54) is 33.6 Å². The van der Waals surface area contributed by atoms with Crippen molar-refractivity contribution in [3.63, 3.8) is 0 Å². The van der Waals surface area contributed by atoms with E-state index in [9.17, 15) is 4.79 Å². The Morgan fingerprint density at radius 2 is 1.57 bits per heavy atom. The lowest BCUT2D eigenvalue weighted by Crippen LogP contribution is -2.54. The minimum atomic E-state index is -1.50. The lowest BCUT2D eigenvalue weighted by Gasteiger charge is -2.43. The number of carbonyl (C=O) groups excluding carboxylic acids is 1. The minimum absolute atomic E-state index is 0.273. The molecule has 0 N–H and O–H groups in total. The summed E-state index contributed by atoms with van der Waals surface area (Å²) < 4.78 is 17.9. The summed E-state index contributed by atoms with van der Waals surface area (Å²) >= 11 is 1.43. The molecule has 5 heteroatoms.